The van der Waals surface area contributed by atoms with Gasteiger partial charge >= 0.3 is 0 Å². The van der Waals surface area contributed by atoms with Gasteiger partial charge in [0.25, 0.3) is 0 Å². The number of Topliss-reactive ketones (excluding diaryl/α,β-unsaturated/α-hetero) is 3. The fraction of sp³-hybridized carbons (Fsp3) is 0.320. The number of fused-ring (bicyclic) bond motifs is 2. The first kappa shape index (κ1) is 21.8. The molecule has 0 radical (unpaired) electrons. The zero-order chi connectivity index (χ0) is 24.8. The van der Waals surface area contributed by atoms with E-state index in [9.17, 15) is 24.6 Å². The molecule has 2 atom stereocenters. The van der Waals surface area contributed by atoms with Crippen LogP contribution in [0.1, 0.15) is 41.5 Å². The molecule has 9 heteroatoms. The third kappa shape index (κ3) is 2.63. The van der Waals surface area contributed by atoms with Gasteiger partial charge in [0.1, 0.15) is 0 Å². The van der Waals surface area contributed by atoms with E-state index >= 15 is 0 Å². The van der Waals surface area contributed by atoms with Crippen molar-refractivity contribution in [3.8, 4) is 0 Å². The third-order valence-electron chi connectivity index (χ3n) is 7.07. The number of nitrogens with one attached hydrogen (secondary N) is 2. The number of hydrogen-bond acceptors (Lipinski definition) is 9. The molecular formula is C25H22N4O5-2. The fourth-order valence-electron chi connectivity index (χ4n) is 4.96. The highest BCUT2D eigenvalue weighted by Gasteiger charge is 2.42. The Morgan fingerprint density at radius 2 is 1.03 bits per heavy atom. The minimum atomic E-state index is -0.953. The van der Waals surface area contributed by atoms with Gasteiger partial charge in [-0.1, -0.05) is 11.5 Å². The zero-order valence-electron chi connectivity index (χ0n) is 19.6. The topological polar surface area (TPSA) is 146 Å². The maximum absolute atomic E-state index is 13.7. The van der Waals surface area contributed by atoms with Crippen molar-refractivity contribution >= 4 is 28.8 Å². The van der Waals surface area contributed by atoms with Crippen molar-refractivity contribution in [3.05, 3.63) is 67.7 Å². The number of carbonyl (C=O) groups is 3. The number of carbonyl (C=O) groups excluding carboxylic acids is 3. The molecule has 4 heterocycles. The predicted molar refractivity (Wildman–Crippen MR) is 120 cm³/mol. The van der Waals surface area contributed by atoms with Crippen LogP contribution in [0, 0.1) is 0 Å². The van der Waals surface area contributed by atoms with Crippen LogP contribution < -0.4 is 20.8 Å². The predicted octanol–water partition coefficient (Wildman–Crippen LogP) is -0.0753. The van der Waals surface area contributed by atoms with Gasteiger partial charge < -0.3 is 20.8 Å². The number of nitrogens with zero attached hydrogens (tertiary/aromatic N) is 2. The van der Waals surface area contributed by atoms with E-state index in [0.29, 0.717) is 45.4 Å². The van der Waals surface area contributed by atoms with E-state index in [1.54, 1.807) is 41.5 Å². The molecule has 0 saturated heterocycles. The van der Waals surface area contributed by atoms with Crippen LogP contribution in [-0.2, 0) is 14.4 Å². The molecular weight excluding hydrogens is 436 g/mol. The van der Waals surface area contributed by atoms with Crippen LogP contribution in [0.5, 0.6) is 0 Å². The van der Waals surface area contributed by atoms with E-state index < -0.39 is 29.4 Å². The first-order valence-electron chi connectivity index (χ1n) is 10.9. The number of aliphatic imine (C=N–C) groups is 2. The first-order chi connectivity index (χ1) is 16.0. The van der Waals surface area contributed by atoms with Crippen molar-refractivity contribution in [1.82, 2.24) is 10.6 Å². The number of hydrogen-bond donors (Lipinski definition) is 2. The second-order valence-corrected chi connectivity index (χ2v) is 9.03. The van der Waals surface area contributed by atoms with Gasteiger partial charge in [-0.15, -0.1) is 0 Å². The molecule has 0 saturated carbocycles. The van der Waals surface area contributed by atoms with Gasteiger partial charge in [-0.3, -0.25) is 24.4 Å². The summed E-state index contributed by atoms with van der Waals surface area (Å²) in [5.41, 5.74) is 3.36. The normalized spacial score (nSPS) is 27.1. The van der Waals surface area contributed by atoms with Crippen molar-refractivity contribution in [2.45, 2.75) is 53.6 Å². The lowest BCUT2D eigenvalue weighted by atomic mass is 9.91. The van der Waals surface area contributed by atoms with Crippen molar-refractivity contribution in [2.24, 2.45) is 9.98 Å². The minimum absolute atomic E-state index is 0.192. The van der Waals surface area contributed by atoms with E-state index in [0.717, 1.165) is 0 Å². The zero-order valence-corrected chi connectivity index (χ0v) is 19.6. The van der Waals surface area contributed by atoms with E-state index in [1.807, 2.05) is 0 Å². The highest BCUT2D eigenvalue weighted by atomic mass is 16.3. The van der Waals surface area contributed by atoms with E-state index in [-0.39, 0.29) is 33.9 Å². The van der Waals surface area contributed by atoms with Gasteiger partial charge in [-0.25, -0.2) is 0 Å². The summed E-state index contributed by atoms with van der Waals surface area (Å²) < 4.78 is 0. The molecule has 0 spiro atoms. The highest BCUT2D eigenvalue weighted by molar-refractivity contribution is 6.26. The van der Waals surface area contributed by atoms with Crippen LogP contribution in [0.4, 0.5) is 0 Å². The van der Waals surface area contributed by atoms with Gasteiger partial charge in [-0.05, 0) is 47.1 Å². The molecule has 5 aliphatic rings. The summed E-state index contributed by atoms with van der Waals surface area (Å²) in [6, 6.07) is -1.75. The lowest BCUT2D eigenvalue weighted by Gasteiger charge is -2.26. The molecule has 5 rings (SSSR count). The van der Waals surface area contributed by atoms with Crippen molar-refractivity contribution in [3.63, 3.8) is 0 Å². The summed E-state index contributed by atoms with van der Waals surface area (Å²) in [5, 5.41) is 33.0. The smallest absolute Gasteiger partial charge is 0.190 e. The Bertz CT molecular complexity index is 1420. The number of rotatable bonds is 2. The van der Waals surface area contributed by atoms with Gasteiger partial charge in [0, 0.05) is 50.7 Å². The molecule has 34 heavy (non-hydrogen) atoms. The number of allylic oxidation sites excluding steroid dienone is 5. The van der Waals surface area contributed by atoms with Crippen LogP contribution in [0.25, 0.3) is 0 Å². The lowest BCUT2D eigenvalue weighted by molar-refractivity contribution is -0.308. The van der Waals surface area contributed by atoms with Gasteiger partial charge in [0.15, 0.2) is 29.4 Å². The first-order valence-corrected chi connectivity index (χ1v) is 10.9. The molecule has 0 amide bonds. The molecule has 174 valence electrons. The standard InChI is InChI=1S/C25H24N4O5/c1-7-9(3)26-17-13(11(5)28-19(17)21(7)30)15-23(32)16(25(34)24(15)33)14-12(6)29-20-18(14)27-10(4)8(2)22(20)31/h19-20,26-27,32H,1-6H3,(H,33,34)/p-2. The monoisotopic (exact) mass is 458 g/mol. The average molecular weight is 458 g/mol. The SMILES string of the molecule is CC1=NC2C(=O)C(C)=C(C)NC2=C1C1=C([O-])C(C2=C3NC(C)=C(C)C(=O)C3N=C2C)=C([O-])C1=O. The van der Waals surface area contributed by atoms with Gasteiger partial charge in [0.05, 0.1) is 11.4 Å². The highest BCUT2D eigenvalue weighted by Crippen LogP contribution is 2.42. The van der Waals surface area contributed by atoms with Crippen molar-refractivity contribution in [1.29, 1.82) is 0 Å². The molecule has 9 nitrogen and oxygen atoms in total. The van der Waals surface area contributed by atoms with E-state index in [4.69, 9.17) is 0 Å². The molecule has 0 bridgehead atoms. The van der Waals surface area contributed by atoms with Crippen LogP contribution in [0.15, 0.2) is 77.7 Å². The van der Waals surface area contributed by atoms with Crippen LogP contribution in [0.2, 0.25) is 0 Å². The Morgan fingerprint density at radius 1 is 0.618 bits per heavy atom. The second-order valence-electron chi connectivity index (χ2n) is 9.03. The summed E-state index contributed by atoms with van der Waals surface area (Å²) in [7, 11) is 0. The van der Waals surface area contributed by atoms with Gasteiger partial charge in [0.2, 0.25) is 0 Å². The summed E-state index contributed by atoms with van der Waals surface area (Å²) >= 11 is 0. The largest absolute Gasteiger partial charge is 0.872 e. The van der Waals surface area contributed by atoms with E-state index in [1.165, 1.54) is 0 Å². The molecule has 2 N–H and O–H groups in total. The maximum Gasteiger partial charge on any atom is 0.190 e. The molecule has 0 aromatic carbocycles. The molecule has 4 aliphatic heterocycles. The average Bonchev–Trinajstić information content (AvgIpc) is 3.34. The Balaban J connectivity index is 1.70. The fourth-order valence-corrected chi connectivity index (χ4v) is 4.96. The van der Waals surface area contributed by atoms with Gasteiger partial charge in [-0.2, -0.15) is 0 Å². The van der Waals surface area contributed by atoms with Crippen molar-refractivity contribution < 1.29 is 24.6 Å². The summed E-state index contributed by atoms with van der Waals surface area (Å²) in [6.45, 7) is 10.0. The van der Waals surface area contributed by atoms with Crippen molar-refractivity contribution in [2.75, 3.05) is 0 Å². The minimum Gasteiger partial charge on any atom is -0.872 e. The second kappa shape index (κ2) is 6.99. The Kier molecular flexibility index (Phi) is 4.49. The molecule has 0 aromatic heterocycles. The van der Waals surface area contributed by atoms with Crippen LogP contribution in [-0.4, -0.2) is 40.9 Å². The maximum atomic E-state index is 13.7. The lowest BCUT2D eigenvalue weighted by Crippen LogP contribution is -2.35. The van der Waals surface area contributed by atoms with Crippen LogP contribution >= 0.6 is 0 Å². The van der Waals surface area contributed by atoms with E-state index in [2.05, 4.69) is 20.6 Å². The third-order valence-corrected chi connectivity index (χ3v) is 7.07. The number of ketones is 3. The molecule has 1 aliphatic carbocycles. The quantitative estimate of drug-likeness (QED) is 0.589. The molecule has 2 unspecified atom stereocenters. The van der Waals surface area contributed by atoms with Crippen LogP contribution in [0.3, 0.4) is 0 Å². The molecule has 0 fully saturated rings. The summed E-state index contributed by atoms with van der Waals surface area (Å²) in [5.74, 6) is -3.09. The Morgan fingerprint density at radius 3 is 1.47 bits per heavy atom. The Labute approximate surface area is 195 Å². The Hall–Kier alpha value is -4.01. The summed E-state index contributed by atoms with van der Waals surface area (Å²) in [4.78, 5) is 47.4. The molecule has 0 aromatic rings. The summed E-state index contributed by atoms with van der Waals surface area (Å²) in [6.07, 6.45) is 0.